The Morgan fingerprint density at radius 3 is 1.09 bits per heavy atom. The number of carbonyl (C=O) groups is 8. The van der Waals surface area contributed by atoms with Gasteiger partial charge in [0.25, 0.3) is 0 Å². The molecular weight excluding hydrogens is 640 g/mol. The second-order valence-corrected chi connectivity index (χ2v) is 10.3. The van der Waals surface area contributed by atoms with Crippen molar-refractivity contribution < 1.29 is 90.5 Å². The van der Waals surface area contributed by atoms with Gasteiger partial charge in [0.15, 0.2) is 36.8 Å². The number of carbonyl (C=O) groups excluding carboxylic acids is 8. The molecular formula is C28H38O19. The molecule has 0 aromatic rings. The first-order valence-corrected chi connectivity index (χ1v) is 14.2. The number of hydrogen-bond acceptors (Lipinski definition) is 19. The smallest absolute Gasteiger partial charge is 0.305 e. The van der Waals surface area contributed by atoms with Gasteiger partial charge < -0.3 is 52.1 Å². The minimum atomic E-state index is -1.71. The van der Waals surface area contributed by atoms with Gasteiger partial charge in [-0.05, 0) is 0 Å². The van der Waals surface area contributed by atoms with Crippen LogP contribution in [0, 0.1) is 0 Å². The fourth-order valence-corrected chi connectivity index (χ4v) is 4.76. The van der Waals surface area contributed by atoms with Crippen LogP contribution in [-0.2, 0) is 90.5 Å². The molecule has 0 saturated carbocycles. The van der Waals surface area contributed by atoms with Crippen LogP contribution in [0.15, 0.2) is 0 Å². The third kappa shape index (κ3) is 12.1. The highest BCUT2D eigenvalue weighted by Gasteiger charge is 2.56. The van der Waals surface area contributed by atoms with E-state index in [2.05, 4.69) is 0 Å². The van der Waals surface area contributed by atoms with Crippen molar-refractivity contribution in [3.63, 3.8) is 0 Å². The normalized spacial score (nSPS) is 30.0. The second kappa shape index (κ2) is 17.5. The monoisotopic (exact) mass is 678 g/mol. The Kier molecular flexibility index (Phi) is 14.5. The maximum atomic E-state index is 12.1. The molecule has 19 heteroatoms. The van der Waals surface area contributed by atoms with Gasteiger partial charge in [-0.2, -0.15) is 0 Å². The highest BCUT2D eigenvalue weighted by Crippen LogP contribution is 2.33. The van der Waals surface area contributed by atoms with Crippen LogP contribution >= 0.6 is 0 Å². The van der Waals surface area contributed by atoms with Crippen LogP contribution in [-0.4, -0.2) is 122 Å². The van der Waals surface area contributed by atoms with Crippen molar-refractivity contribution in [1.82, 2.24) is 0 Å². The molecule has 2 saturated heterocycles. The Hall–Kier alpha value is -4.36. The van der Waals surface area contributed by atoms with Crippen LogP contribution in [0.5, 0.6) is 0 Å². The molecule has 0 radical (unpaired) electrons. The van der Waals surface area contributed by atoms with Crippen LogP contribution in [0.3, 0.4) is 0 Å². The minimum absolute atomic E-state index is 0.541. The maximum absolute atomic E-state index is 12.1. The summed E-state index contributed by atoms with van der Waals surface area (Å²) in [5.74, 6) is -6.93. The molecule has 0 aliphatic carbocycles. The van der Waals surface area contributed by atoms with E-state index in [1.807, 2.05) is 0 Å². The predicted octanol–water partition coefficient (Wildman–Crippen LogP) is -0.831. The van der Waals surface area contributed by atoms with E-state index in [0.29, 0.717) is 0 Å². The van der Waals surface area contributed by atoms with Crippen molar-refractivity contribution in [2.24, 2.45) is 0 Å². The largest absolute Gasteiger partial charge is 0.463 e. The van der Waals surface area contributed by atoms with Gasteiger partial charge in [-0.3, -0.25) is 38.4 Å². The molecule has 10 atom stereocenters. The van der Waals surface area contributed by atoms with Crippen LogP contribution in [0.1, 0.15) is 55.4 Å². The van der Waals surface area contributed by atoms with E-state index in [-0.39, 0.29) is 0 Å². The Labute approximate surface area is 268 Å². The number of ether oxygens (including phenoxy) is 11. The van der Waals surface area contributed by atoms with Crippen LogP contribution < -0.4 is 0 Å². The molecule has 47 heavy (non-hydrogen) atoms. The minimum Gasteiger partial charge on any atom is -0.463 e. The summed E-state index contributed by atoms with van der Waals surface area (Å²) in [5, 5.41) is 0. The first-order valence-electron chi connectivity index (χ1n) is 14.2. The predicted molar refractivity (Wildman–Crippen MR) is 145 cm³/mol. The summed E-state index contributed by atoms with van der Waals surface area (Å²) in [6, 6.07) is 0. The summed E-state index contributed by atoms with van der Waals surface area (Å²) < 4.78 is 59.8. The zero-order valence-electron chi connectivity index (χ0n) is 26.9. The summed E-state index contributed by atoms with van der Waals surface area (Å²) in [5.41, 5.74) is 0. The van der Waals surface area contributed by atoms with E-state index >= 15 is 0 Å². The van der Waals surface area contributed by atoms with Gasteiger partial charge in [0, 0.05) is 55.4 Å². The van der Waals surface area contributed by atoms with Gasteiger partial charge in [-0.1, -0.05) is 0 Å². The van der Waals surface area contributed by atoms with E-state index in [1.54, 1.807) is 0 Å². The van der Waals surface area contributed by atoms with E-state index < -0.39 is 122 Å². The van der Waals surface area contributed by atoms with Crippen molar-refractivity contribution in [2.45, 2.75) is 117 Å². The molecule has 264 valence electrons. The summed E-state index contributed by atoms with van der Waals surface area (Å²) >= 11 is 0. The fourth-order valence-electron chi connectivity index (χ4n) is 4.76. The first kappa shape index (κ1) is 38.8. The van der Waals surface area contributed by atoms with Gasteiger partial charge in [0.05, 0.1) is 6.61 Å². The summed E-state index contributed by atoms with van der Waals surface area (Å²) in [7, 11) is 0. The fraction of sp³-hybridized carbons (Fsp3) is 0.714. The Bertz CT molecular complexity index is 1200. The lowest BCUT2D eigenvalue weighted by Gasteiger charge is -2.46. The van der Waals surface area contributed by atoms with Crippen LogP contribution in [0.4, 0.5) is 0 Å². The average Bonchev–Trinajstić information content (AvgIpc) is 2.91. The molecule has 0 amide bonds. The van der Waals surface area contributed by atoms with Crippen molar-refractivity contribution in [1.29, 1.82) is 0 Å². The SMILES string of the molecule is CC(=O)OC[C@H]1O[C@@H](OC[C@H]2OC(OC(C)=O)[C@H](OC(C)=O)[C@@H](OC(C)=O)[C@@H]2OC(C)=O)[C@H](OC(C)=O)[C@@H](OC(C)=O)[C@@H]1OC(C)=O. The lowest BCUT2D eigenvalue weighted by atomic mass is 9.97. The van der Waals surface area contributed by atoms with Gasteiger partial charge in [0.2, 0.25) is 12.4 Å². The topological polar surface area (TPSA) is 238 Å². The third-order valence-electron chi connectivity index (χ3n) is 6.15. The van der Waals surface area contributed by atoms with Gasteiger partial charge >= 0.3 is 47.8 Å². The second-order valence-electron chi connectivity index (χ2n) is 10.3. The number of esters is 8. The van der Waals surface area contributed by atoms with Gasteiger partial charge in [-0.15, -0.1) is 0 Å². The molecule has 2 aliphatic heterocycles. The van der Waals surface area contributed by atoms with E-state index in [4.69, 9.17) is 52.1 Å². The van der Waals surface area contributed by atoms with Crippen LogP contribution in [0.25, 0.3) is 0 Å². The molecule has 0 bridgehead atoms. The number of hydrogen-bond donors (Lipinski definition) is 0. The molecule has 1 unspecified atom stereocenters. The van der Waals surface area contributed by atoms with Crippen molar-refractivity contribution >= 4 is 47.8 Å². The Morgan fingerprint density at radius 2 is 0.702 bits per heavy atom. The lowest BCUT2D eigenvalue weighted by molar-refractivity contribution is -0.331. The highest BCUT2D eigenvalue weighted by atomic mass is 16.8. The molecule has 0 aromatic carbocycles. The van der Waals surface area contributed by atoms with Gasteiger partial charge in [-0.25, -0.2) is 0 Å². The van der Waals surface area contributed by atoms with E-state index in [0.717, 1.165) is 55.4 Å². The van der Waals surface area contributed by atoms with Crippen molar-refractivity contribution in [3.8, 4) is 0 Å². The summed E-state index contributed by atoms with van der Waals surface area (Å²) in [6.07, 6.45) is -15.6. The third-order valence-corrected chi connectivity index (χ3v) is 6.15. The number of rotatable bonds is 12. The molecule has 0 aromatic heterocycles. The average molecular weight is 679 g/mol. The molecule has 0 N–H and O–H groups in total. The zero-order valence-corrected chi connectivity index (χ0v) is 26.9. The maximum Gasteiger partial charge on any atom is 0.305 e. The molecule has 0 spiro atoms. The summed E-state index contributed by atoms with van der Waals surface area (Å²) in [6.45, 7) is 7.09. The molecule has 2 rings (SSSR count). The standard InChI is InChI=1S/C28H38O19/c1-11(29)37-9-19-21(39-12(2)30)23(41-14(4)32)25(43-16(6)34)27(46-19)38-10-20-22(40-13(3)31)24(42-15(5)33)26(44-17(7)35)28(47-20)45-18(8)36/h19-28H,9-10H2,1-8H3/t19-,20-,21-,22-,23+,24+,25-,26-,27-,28?/m1/s1. The van der Waals surface area contributed by atoms with Crippen LogP contribution in [0.2, 0.25) is 0 Å². The first-order chi connectivity index (χ1) is 21.9. The van der Waals surface area contributed by atoms with E-state index in [9.17, 15) is 38.4 Å². The zero-order chi connectivity index (χ0) is 35.6. The van der Waals surface area contributed by atoms with Gasteiger partial charge in [0.1, 0.15) is 18.8 Å². The van der Waals surface area contributed by atoms with Crippen molar-refractivity contribution in [3.05, 3.63) is 0 Å². The highest BCUT2D eigenvalue weighted by molar-refractivity contribution is 5.70. The Balaban J connectivity index is 2.56. The Morgan fingerprint density at radius 1 is 0.383 bits per heavy atom. The molecule has 19 nitrogen and oxygen atoms in total. The molecule has 2 fully saturated rings. The molecule has 2 aliphatic rings. The quantitative estimate of drug-likeness (QED) is 0.181. The lowest BCUT2D eigenvalue weighted by Crippen LogP contribution is -2.65. The van der Waals surface area contributed by atoms with Crippen molar-refractivity contribution in [2.75, 3.05) is 13.2 Å². The molecule has 2 heterocycles. The van der Waals surface area contributed by atoms with E-state index in [1.165, 1.54) is 0 Å². The summed E-state index contributed by atoms with van der Waals surface area (Å²) in [4.78, 5) is 95.9.